The summed E-state index contributed by atoms with van der Waals surface area (Å²) in [6.45, 7) is 4.50. The number of carbonyl (C=O) groups excluding carboxylic acids is 1. The molecule has 2 N–H and O–H groups in total. The van der Waals surface area contributed by atoms with Crippen LogP contribution in [0.5, 0.6) is 0 Å². The number of amides is 1. The zero-order valence-electron chi connectivity index (χ0n) is 16.2. The van der Waals surface area contributed by atoms with Crippen LogP contribution in [0.15, 0.2) is 52.4 Å². The Morgan fingerprint density at radius 3 is 2.50 bits per heavy atom. The van der Waals surface area contributed by atoms with Crippen molar-refractivity contribution in [2.24, 2.45) is 4.99 Å². The number of nitrogens with one attached hydrogen (secondary N) is 2. The summed E-state index contributed by atoms with van der Waals surface area (Å²) in [6, 6.07) is 11.8. The van der Waals surface area contributed by atoms with Gasteiger partial charge in [0.1, 0.15) is 5.84 Å². The van der Waals surface area contributed by atoms with Crippen LogP contribution in [0.3, 0.4) is 0 Å². The van der Waals surface area contributed by atoms with E-state index < -0.39 is 10.0 Å². The zero-order chi connectivity index (χ0) is 20.1. The Labute approximate surface area is 166 Å². The lowest BCUT2D eigenvalue weighted by atomic mass is 10.1. The molecule has 1 amide bonds. The predicted molar refractivity (Wildman–Crippen MR) is 111 cm³/mol. The lowest BCUT2D eigenvalue weighted by Gasteiger charge is -2.12. The number of amidine groups is 1. The summed E-state index contributed by atoms with van der Waals surface area (Å²) >= 11 is 0. The van der Waals surface area contributed by atoms with Gasteiger partial charge in [0.15, 0.2) is 0 Å². The van der Waals surface area contributed by atoms with Gasteiger partial charge in [-0.05, 0) is 57.0 Å². The third-order valence-electron chi connectivity index (χ3n) is 4.51. The number of benzene rings is 2. The van der Waals surface area contributed by atoms with E-state index in [0.29, 0.717) is 30.1 Å². The van der Waals surface area contributed by atoms with E-state index in [-0.39, 0.29) is 10.8 Å². The maximum absolute atomic E-state index is 12.7. The van der Waals surface area contributed by atoms with Crippen molar-refractivity contribution >= 4 is 27.5 Å². The Balaban J connectivity index is 1.77. The second-order valence-electron chi connectivity index (χ2n) is 7.10. The van der Waals surface area contributed by atoms with Crippen LogP contribution in [0.2, 0.25) is 0 Å². The molecule has 0 saturated heterocycles. The second-order valence-corrected chi connectivity index (χ2v) is 8.79. The molecule has 2 aromatic carbocycles. The van der Waals surface area contributed by atoms with E-state index in [1.165, 1.54) is 12.1 Å². The molecule has 6 nitrogen and oxygen atoms in total. The first-order valence-corrected chi connectivity index (χ1v) is 10.9. The maximum Gasteiger partial charge on any atom is 0.262 e. The number of carbonyl (C=O) groups is 1. The summed E-state index contributed by atoms with van der Waals surface area (Å²) in [5.41, 5.74) is 2.95. The molecular formula is C21H25N3O3S. The van der Waals surface area contributed by atoms with E-state index in [9.17, 15) is 13.2 Å². The van der Waals surface area contributed by atoms with Crippen LogP contribution in [-0.4, -0.2) is 26.7 Å². The maximum atomic E-state index is 12.7. The fourth-order valence-corrected chi connectivity index (χ4v) is 4.36. The van der Waals surface area contributed by atoms with Crippen LogP contribution in [0.1, 0.15) is 47.2 Å². The summed E-state index contributed by atoms with van der Waals surface area (Å²) in [7, 11) is -3.74. The average Bonchev–Trinajstić information content (AvgIpc) is 2.89. The Bertz CT molecular complexity index is 993. The van der Waals surface area contributed by atoms with Crippen molar-refractivity contribution in [3.63, 3.8) is 0 Å². The monoisotopic (exact) mass is 399 g/mol. The minimum atomic E-state index is -3.74. The molecule has 148 valence electrons. The Morgan fingerprint density at radius 2 is 1.75 bits per heavy atom. The molecule has 28 heavy (non-hydrogen) atoms. The first-order chi connectivity index (χ1) is 13.3. The molecule has 0 saturated carbocycles. The van der Waals surface area contributed by atoms with Crippen LogP contribution in [0.4, 0.5) is 5.69 Å². The standard InChI is InChI=1S/C21H25N3O3S/c1-15-11-16(2)13-17(12-15)21(25)23-18-7-6-8-19(14-18)28(26,27)24-20-9-4-3-5-10-22-20/h6-8,11-14H,3-5,9-10H2,1-2H3,(H,22,24)(H,23,25). The molecule has 0 aliphatic carbocycles. The molecule has 2 aromatic rings. The van der Waals surface area contributed by atoms with Gasteiger partial charge in [0.2, 0.25) is 0 Å². The van der Waals surface area contributed by atoms with Gasteiger partial charge in [-0.25, -0.2) is 8.42 Å². The third-order valence-corrected chi connectivity index (χ3v) is 5.89. The van der Waals surface area contributed by atoms with Crippen LogP contribution < -0.4 is 10.0 Å². The molecular weight excluding hydrogens is 374 g/mol. The number of hydrogen-bond donors (Lipinski definition) is 2. The number of sulfonamides is 1. The Kier molecular flexibility index (Phi) is 6.14. The van der Waals surface area contributed by atoms with Gasteiger partial charge in [-0.3, -0.25) is 14.5 Å². The molecule has 1 aliphatic heterocycles. The van der Waals surface area contributed by atoms with E-state index in [1.807, 2.05) is 19.9 Å². The highest BCUT2D eigenvalue weighted by molar-refractivity contribution is 7.90. The fraction of sp³-hybridized carbons (Fsp3) is 0.333. The first kappa shape index (κ1) is 20.1. The van der Waals surface area contributed by atoms with E-state index in [1.54, 1.807) is 24.3 Å². The summed E-state index contributed by atoms with van der Waals surface area (Å²) in [5, 5.41) is 2.78. The molecule has 0 aromatic heterocycles. The topological polar surface area (TPSA) is 87.6 Å². The van der Waals surface area contributed by atoms with Crippen LogP contribution >= 0.6 is 0 Å². The van der Waals surface area contributed by atoms with Crippen molar-refractivity contribution in [3.8, 4) is 0 Å². The highest BCUT2D eigenvalue weighted by Gasteiger charge is 2.18. The number of nitrogens with zero attached hydrogens (tertiary/aromatic N) is 1. The molecule has 0 spiro atoms. The third kappa shape index (κ3) is 5.19. The molecule has 3 rings (SSSR count). The fourth-order valence-electron chi connectivity index (χ4n) is 3.22. The largest absolute Gasteiger partial charge is 0.322 e. The quantitative estimate of drug-likeness (QED) is 0.819. The zero-order valence-corrected chi connectivity index (χ0v) is 17.0. The van der Waals surface area contributed by atoms with E-state index in [2.05, 4.69) is 15.0 Å². The van der Waals surface area contributed by atoms with Crippen molar-refractivity contribution in [1.82, 2.24) is 4.72 Å². The van der Waals surface area contributed by atoms with Crippen molar-refractivity contribution in [2.75, 3.05) is 11.9 Å². The Hall–Kier alpha value is -2.67. The first-order valence-electron chi connectivity index (χ1n) is 9.39. The van der Waals surface area contributed by atoms with Crippen molar-refractivity contribution in [2.45, 2.75) is 44.4 Å². The second kappa shape index (κ2) is 8.56. The summed E-state index contributed by atoms with van der Waals surface area (Å²) in [6.07, 6.45) is 3.58. The SMILES string of the molecule is Cc1cc(C)cc(C(=O)Nc2cccc(S(=O)(=O)NC3=NCCCCC3)c2)c1. The Morgan fingerprint density at radius 1 is 1.00 bits per heavy atom. The molecule has 0 unspecified atom stereocenters. The van der Waals surface area contributed by atoms with E-state index in [0.717, 1.165) is 30.4 Å². The minimum Gasteiger partial charge on any atom is -0.322 e. The summed E-state index contributed by atoms with van der Waals surface area (Å²) in [5.74, 6) is 0.227. The van der Waals surface area contributed by atoms with Crippen LogP contribution in [-0.2, 0) is 10.0 Å². The number of aryl methyl sites for hydroxylation is 2. The van der Waals surface area contributed by atoms with E-state index >= 15 is 0 Å². The van der Waals surface area contributed by atoms with Gasteiger partial charge in [0.05, 0.1) is 4.90 Å². The number of anilines is 1. The van der Waals surface area contributed by atoms with Crippen molar-refractivity contribution < 1.29 is 13.2 Å². The number of rotatable bonds is 4. The highest BCUT2D eigenvalue weighted by Crippen LogP contribution is 2.18. The molecule has 7 heteroatoms. The van der Waals surface area contributed by atoms with Crippen molar-refractivity contribution in [3.05, 3.63) is 59.2 Å². The van der Waals surface area contributed by atoms with Gasteiger partial charge in [0.25, 0.3) is 15.9 Å². The lowest BCUT2D eigenvalue weighted by Crippen LogP contribution is -2.30. The number of hydrogen-bond acceptors (Lipinski definition) is 4. The lowest BCUT2D eigenvalue weighted by molar-refractivity contribution is 0.102. The molecule has 0 bridgehead atoms. The normalized spacial score (nSPS) is 14.7. The van der Waals surface area contributed by atoms with Gasteiger partial charge in [-0.1, -0.05) is 29.7 Å². The molecule has 1 aliphatic rings. The highest BCUT2D eigenvalue weighted by atomic mass is 32.2. The van der Waals surface area contributed by atoms with Gasteiger partial charge in [0, 0.05) is 24.2 Å². The van der Waals surface area contributed by atoms with Gasteiger partial charge in [-0.15, -0.1) is 0 Å². The van der Waals surface area contributed by atoms with Gasteiger partial charge in [-0.2, -0.15) is 0 Å². The van der Waals surface area contributed by atoms with Crippen LogP contribution in [0, 0.1) is 13.8 Å². The molecule has 1 heterocycles. The smallest absolute Gasteiger partial charge is 0.262 e. The van der Waals surface area contributed by atoms with Gasteiger partial charge < -0.3 is 5.32 Å². The molecule has 0 radical (unpaired) electrons. The minimum absolute atomic E-state index is 0.0951. The van der Waals surface area contributed by atoms with Crippen molar-refractivity contribution in [1.29, 1.82) is 0 Å². The van der Waals surface area contributed by atoms with Gasteiger partial charge >= 0.3 is 0 Å². The molecule has 0 atom stereocenters. The van der Waals surface area contributed by atoms with Crippen LogP contribution in [0.25, 0.3) is 0 Å². The molecule has 0 fully saturated rings. The predicted octanol–water partition coefficient (Wildman–Crippen LogP) is 3.81. The summed E-state index contributed by atoms with van der Waals surface area (Å²) in [4.78, 5) is 17.0. The number of aliphatic imine (C=N–C) groups is 1. The summed E-state index contributed by atoms with van der Waals surface area (Å²) < 4.78 is 28.0. The van der Waals surface area contributed by atoms with E-state index in [4.69, 9.17) is 0 Å². The average molecular weight is 400 g/mol.